The van der Waals surface area contributed by atoms with Gasteiger partial charge in [0.2, 0.25) is 5.91 Å². The number of carbonyl (C=O) groups excluding carboxylic acids is 1. The first-order valence-electron chi connectivity index (χ1n) is 14.1. The highest BCUT2D eigenvalue weighted by Gasteiger charge is 2.37. The quantitative estimate of drug-likeness (QED) is 0.593. The number of carboxylic acid groups (broad SMARTS) is 1. The van der Waals surface area contributed by atoms with E-state index in [-0.39, 0.29) is 11.9 Å². The normalized spacial score (nSPS) is 28.4. The summed E-state index contributed by atoms with van der Waals surface area (Å²) in [4.78, 5) is 35.7. The lowest BCUT2D eigenvalue weighted by Crippen LogP contribution is -2.51. The number of nitrogens with zero attached hydrogens (tertiary/aromatic N) is 4. The number of piperazine rings is 1. The maximum atomic E-state index is 12.5. The Balaban J connectivity index is 1.07. The monoisotopic (exact) mass is 514 g/mol. The summed E-state index contributed by atoms with van der Waals surface area (Å²) in [6.07, 6.45) is 6.84. The summed E-state index contributed by atoms with van der Waals surface area (Å²) in [7, 11) is 0. The molecule has 1 aliphatic carbocycles. The lowest BCUT2D eigenvalue weighted by Gasteiger charge is -2.43. The summed E-state index contributed by atoms with van der Waals surface area (Å²) in [6.45, 7) is 10.0. The highest BCUT2D eigenvalue weighted by Crippen LogP contribution is 2.35. The van der Waals surface area contributed by atoms with Crippen molar-refractivity contribution in [1.82, 2.24) is 14.8 Å². The van der Waals surface area contributed by atoms with Gasteiger partial charge in [0.1, 0.15) is 17.8 Å². The number of amides is 1. The predicted octanol–water partition coefficient (Wildman–Crippen LogP) is 3.08. The van der Waals surface area contributed by atoms with Gasteiger partial charge in [0.15, 0.2) is 0 Å². The minimum atomic E-state index is -0.783. The minimum absolute atomic E-state index is 0.00216. The number of pyridine rings is 1. The Labute approximate surface area is 220 Å². The third kappa shape index (κ3) is 6.03. The number of aryl methyl sites for hydroxylation is 1. The standard InChI is InChI=1S/C28H42N4O5/c1-19-17-25-24(9-16-36-25)27(29-19)31-13-11-30(12-14-31)10-7-21-3-5-23(6-4-21)32(20(2)33)26-18-22(28(34)35)8-15-37-26/h17,21-23,26H,3-16,18H2,1-2H3,(H,34,35)/t21?,22-,23?,26-/m1/s1. The van der Waals surface area contributed by atoms with E-state index in [0.717, 1.165) is 88.7 Å². The van der Waals surface area contributed by atoms with Gasteiger partial charge in [0.25, 0.3) is 0 Å². The fourth-order valence-electron chi connectivity index (χ4n) is 6.69. The molecule has 4 aliphatic rings. The molecule has 2 saturated heterocycles. The van der Waals surface area contributed by atoms with Gasteiger partial charge < -0.3 is 24.4 Å². The molecule has 4 heterocycles. The lowest BCUT2D eigenvalue weighted by atomic mass is 9.83. The smallest absolute Gasteiger partial charge is 0.306 e. The van der Waals surface area contributed by atoms with Gasteiger partial charge in [-0.3, -0.25) is 14.5 Å². The maximum Gasteiger partial charge on any atom is 0.306 e. The molecule has 0 bridgehead atoms. The second-order valence-electron chi connectivity index (χ2n) is 11.3. The van der Waals surface area contributed by atoms with E-state index in [0.29, 0.717) is 25.4 Å². The van der Waals surface area contributed by atoms with Gasteiger partial charge in [0, 0.05) is 69.3 Å². The van der Waals surface area contributed by atoms with Crippen LogP contribution in [0.25, 0.3) is 0 Å². The molecule has 9 heteroatoms. The molecule has 2 atom stereocenters. The molecule has 3 aliphatic heterocycles. The van der Waals surface area contributed by atoms with Crippen LogP contribution in [0, 0.1) is 18.8 Å². The van der Waals surface area contributed by atoms with Crippen molar-refractivity contribution in [1.29, 1.82) is 0 Å². The second-order valence-corrected chi connectivity index (χ2v) is 11.3. The van der Waals surface area contributed by atoms with Gasteiger partial charge in [-0.25, -0.2) is 4.98 Å². The van der Waals surface area contributed by atoms with Crippen molar-refractivity contribution in [2.45, 2.75) is 77.5 Å². The average molecular weight is 515 g/mol. The van der Waals surface area contributed by atoms with Gasteiger partial charge in [-0.2, -0.15) is 0 Å². The predicted molar refractivity (Wildman–Crippen MR) is 140 cm³/mol. The third-order valence-electron chi connectivity index (χ3n) is 8.82. The van der Waals surface area contributed by atoms with Crippen LogP contribution in [0.5, 0.6) is 5.75 Å². The molecule has 3 fully saturated rings. The van der Waals surface area contributed by atoms with E-state index in [1.54, 1.807) is 6.92 Å². The highest BCUT2D eigenvalue weighted by atomic mass is 16.5. The SMILES string of the molecule is CC(=O)N(C1CCC(CCN2CCN(c3nc(C)cc4c3CCO4)CC2)CC1)[C@H]1C[C@H](C(=O)O)CCO1. The molecule has 0 radical (unpaired) electrons. The molecular weight excluding hydrogens is 472 g/mol. The Kier molecular flexibility index (Phi) is 8.19. The fourth-order valence-corrected chi connectivity index (χ4v) is 6.69. The zero-order chi connectivity index (χ0) is 25.9. The van der Waals surface area contributed by atoms with Crippen LogP contribution < -0.4 is 9.64 Å². The number of hydrogen-bond donors (Lipinski definition) is 1. The Morgan fingerprint density at radius 1 is 1.11 bits per heavy atom. The second kappa shape index (κ2) is 11.6. The molecule has 1 aromatic rings. The van der Waals surface area contributed by atoms with Crippen molar-refractivity contribution in [3.8, 4) is 5.75 Å². The summed E-state index contributed by atoms with van der Waals surface area (Å²) in [5, 5.41) is 9.43. The molecule has 37 heavy (non-hydrogen) atoms. The van der Waals surface area contributed by atoms with Crippen LogP contribution in [0.3, 0.4) is 0 Å². The van der Waals surface area contributed by atoms with E-state index in [1.807, 2.05) is 11.8 Å². The first-order valence-corrected chi connectivity index (χ1v) is 14.1. The first-order chi connectivity index (χ1) is 17.9. The average Bonchev–Trinajstić information content (AvgIpc) is 3.37. The molecule has 0 unspecified atom stereocenters. The van der Waals surface area contributed by atoms with Crippen LogP contribution in [0.1, 0.15) is 63.1 Å². The number of ether oxygens (including phenoxy) is 2. The Morgan fingerprint density at radius 3 is 2.57 bits per heavy atom. The van der Waals surface area contributed by atoms with Gasteiger partial charge in [0.05, 0.1) is 19.1 Å². The van der Waals surface area contributed by atoms with Crippen LogP contribution in [0.4, 0.5) is 5.82 Å². The molecule has 5 rings (SSSR count). The number of aromatic nitrogens is 1. The fraction of sp³-hybridized carbons (Fsp3) is 0.750. The molecular formula is C28H42N4O5. The van der Waals surface area contributed by atoms with E-state index in [2.05, 4.69) is 15.9 Å². The van der Waals surface area contributed by atoms with Crippen molar-refractivity contribution in [2.24, 2.45) is 11.8 Å². The number of fused-ring (bicyclic) bond motifs is 1. The van der Waals surface area contributed by atoms with Crippen LogP contribution in [0.2, 0.25) is 0 Å². The first kappa shape index (κ1) is 26.2. The summed E-state index contributed by atoms with van der Waals surface area (Å²) < 4.78 is 11.7. The summed E-state index contributed by atoms with van der Waals surface area (Å²) in [6, 6.07) is 2.21. The highest BCUT2D eigenvalue weighted by molar-refractivity contribution is 5.74. The third-order valence-corrected chi connectivity index (χ3v) is 8.82. The Morgan fingerprint density at radius 2 is 1.86 bits per heavy atom. The topological polar surface area (TPSA) is 95.4 Å². The molecule has 1 saturated carbocycles. The van der Waals surface area contributed by atoms with Crippen molar-refractivity contribution in [3.05, 3.63) is 17.3 Å². The van der Waals surface area contributed by atoms with E-state index >= 15 is 0 Å². The number of hydrogen-bond acceptors (Lipinski definition) is 7. The van der Waals surface area contributed by atoms with Crippen molar-refractivity contribution < 1.29 is 24.2 Å². The molecule has 1 N–H and O–H groups in total. The molecule has 1 amide bonds. The maximum absolute atomic E-state index is 12.5. The molecule has 0 aromatic carbocycles. The zero-order valence-corrected chi connectivity index (χ0v) is 22.4. The summed E-state index contributed by atoms with van der Waals surface area (Å²) in [5.41, 5.74) is 2.29. The van der Waals surface area contributed by atoms with Crippen LogP contribution in [0.15, 0.2) is 6.07 Å². The number of aliphatic carboxylic acids is 1. The van der Waals surface area contributed by atoms with E-state index in [4.69, 9.17) is 14.5 Å². The number of carboxylic acids is 1. The van der Waals surface area contributed by atoms with Crippen LogP contribution in [-0.2, 0) is 20.7 Å². The van der Waals surface area contributed by atoms with Gasteiger partial charge in [-0.1, -0.05) is 0 Å². The number of anilines is 1. The van der Waals surface area contributed by atoms with Gasteiger partial charge in [-0.15, -0.1) is 0 Å². The van der Waals surface area contributed by atoms with Crippen LogP contribution in [-0.4, -0.2) is 90.0 Å². The van der Waals surface area contributed by atoms with E-state index in [1.165, 1.54) is 12.0 Å². The minimum Gasteiger partial charge on any atom is -0.493 e. The number of carbonyl (C=O) groups is 2. The van der Waals surface area contributed by atoms with Gasteiger partial charge >= 0.3 is 5.97 Å². The summed E-state index contributed by atoms with van der Waals surface area (Å²) in [5.74, 6) is 1.61. The lowest BCUT2D eigenvalue weighted by molar-refractivity contribution is -0.169. The van der Waals surface area contributed by atoms with E-state index < -0.39 is 18.1 Å². The van der Waals surface area contributed by atoms with Crippen molar-refractivity contribution in [3.63, 3.8) is 0 Å². The molecule has 1 aromatic heterocycles. The van der Waals surface area contributed by atoms with E-state index in [9.17, 15) is 14.7 Å². The Bertz CT molecular complexity index is 972. The zero-order valence-electron chi connectivity index (χ0n) is 22.4. The van der Waals surface area contributed by atoms with Crippen molar-refractivity contribution in [2.75, 3.05) is 50.8 Å². The van der Waals surface area contributed by atoms with Crippen LogP contribution >= 0.6 is 0 Å². The van der Waals surface area contributed by atoms with Gasteiger partial charge in [-0.05, 0) is 57.9 Å². The molecule has 204 valence electrons. The summed E-state index contributed by atoms with van der Waals surface area (Å²) >= 11 is 0. The molecule has 0 spiro atoms. The van der Waals surface area contributed by atoms with Crippen molar-refractivity contribution >= 4 is 17.7 Å². The molecule has 9 nitrogen and oxygen atoms in total. The largest absolute Gasteiger partial charge is 0.493 e. The Hall–Kier alpha value is -2.39. The number of rotatable bonds is 7.